The van der Waals surface area contributed by atoms with E-state index in [1.165, 1.54) is 10.7 Å². The molecule has 190 valence electrons. The third-order valence-electron chi connectivity index (χ3n) is 6.51. The third-order valence-corrected chi connectivity index (χ3v) is 6.51. The van der Waals surface area contributed by atoms with E-state index in [2.05, 4.69) is 15.6 Å². The molecule has 3 heterocycles. The summed E-state index contributed by atoms with van der Waals surface area (Å²) in [5.74, 6) is -1.87. The van der Waals surface area contributed by atoms with Crippen molar-refractivity contribution in [2.45, 2.75) is 19.5 Å². The van der Waals surface area contributed by atoms with E-state index in [0.29, 0.717) is 37.4 Å². The monoisotopic (exact) mass is 511 g/mol. The molecule has 0 fully saturated rings. The fourth-order valence-corrected chi connectivity index (χ4v) is 4.62. The van der Waals surface area contributed by atoms with Crippen molar-refractivity contribution in [1.82, 2.24) is 29.7 Å². The number of carbonyl (C=O) groups is 1. The first-order chi connectivity index (χ1) is 18.5. The van der Waals surface area contributed by atoms with Gasteiger partial charge in [0, 0.05) is 41.5 Å². The molecule has 1 N–H and O–H groups in total. The first-order valence-corrected chi connectivity index (χ1v) is 12.2. The summed E-state index contributed by atoms with van der Waals surface area (Å²) in [7, 11) is 0. The molecule has 0 radical (unpaired) electrons. The summed E-state index contributed by atoms with van der Waals surface area (Å²) in [5, 5.41) is 16.2. The van der Waals surface area contributed by atoms with Crippen LogP contribution in [0.15, 0.2) is 85.1 Å². The maximum Gasteiger partial charge on any atom is 0.322 e. The number of nitrogens with one attached hydrogen (secondary N) is 1. The summed E-state index contributed by atoms with van der Waals surface area (Å²) in [5.41, 5.74) is 5.50. The standard InChI is InChI=1S/C28H23F2N7O/c29-24-12-11-22(15-25(24)30)36-16-21(32-34-36)17-37-26-13-14-35(28(38)31-20-9-5-2-6-10-20)18-23(26)27(33-37)19-7-3-1-4-8-19/h1-12,15-16H,13-14,17-18H2,(H,31,38). The first kappa shape index (κ1) is 23.5. The molecule has 0 aliphatic carbocycles. The van der Waals surface area contributed by atoms with Crippen molar-refractivity contribution in [3.05, 3.63) is 114 Å². The lowest BCUT2D eigenvalue weighted by Crippen LogP contribution is -2.39. The van der Waals surface area contributed by atoms with E-state index in [0.717, 1.165) is 40.3 Å². The summed E-state index contributed by atoms with van der Waals surface area (Å²) < 4.78 is 30.3. The Bertz CT molecular complexity index is 1600. The van der Waals surface area contributed by atoms with Gasteiger partial charge in [0.15, 0.2) is 11.6 Å². The molecular weight excluding hydrogens is 488 g/mol. The molecule has 2 amide bonds. The van der Waals surface area contributed by atoms with Gasteiger partial charge in [0.05, 0.1) is 30.7 Å². The zero-order valence-corrected chi connectivity index (χ0v) is 20.3. The minimum atomic E-state index is -0.950. The highest BCUT2D eigenvalue weighted by Crippen LogP contribution is 2.31. The second kappa shape index (κ2) is 9.89. The van der Waals surface area contributed by atoms with Crippen LogP contribution in [-0.2, 0) is 19.5 Å². The largest absolute Gasteiger partial charge is 0.322 e. The third kappa shape index (κ3) is 4.63. The van der Waals surface area contributed by atoms with Gasteiger partial charge in [0.25, 0.3) is 0 Å². The lowest BCUT2D eigenvalue weighted by atomic mass is 10.0. The van der Waals surface area contributed by atoms with Crippen LogP contribution < -0.4 is 5.32 Å². The Morgan fingerprint density at radius 2 is 1.71 bits per heavy atom. The molecule has 5 aromatic rings. The van der Waals surface area contributed by atoms with Crippen LogP contribution in [0.5, 0.6) is 0 Å². The highest BCUT2D eigenvalue weighted by atomic mass is 19.2. The van der Waals surface area contributed by atoms with Gasteiger partial charge in [0.2, 0.25) is 0 Å². The zero-order valence-electron chi connectivity index (χ0n) is 20.3. The van der Waals surface area contributed by atoms with Gasteiger partial charge >= 0.3 is 6.03 Å². The highest BCUT2D eigenvalue weighted by molar-refractivity contribution is 5.89. The number of amides is 2. The van der Waals surface area contributed by atoms with E-state index < -0.39 is 11.6 Å². The van der Waals surface area contributed by atoms with Gasteiger partial charge < -0.3 is 10.2 Å². The van der Waals surface area contributed by atoms with E-state index in [-0.39, 0.29) is 6.03 Å². The molecule has 38 heavy (non-hydrogen) atoms. The molecule has 0 saturated heterocycles. The minimum absolute atomic E-state index is 0.164. The van der Waals surface area contributed by atoms with Gasteiger partial charge in [-0.2, -0.15) is 5.10 Å². The number of benzene rings is 3. The maximum atomic E-state index is 13.7. The number of hydrogen-bond donors (Lipinski definition) is 1. The van der Waals surface area contributed by atoms with Crippen LogP contribution in [0.4, 0.5) is 19.3 Å². The summed E-state index contributed by atoms with van der Waals surface area (Å²) in [6.45, 7) is 1.29. The summed E-state index contributed by atoms with van der Waals surface area (Å²) in [6, 6.07) is 22.6. The maximum absolute atomic E-state index is 13.7. The van der Waals surface area contributed by atoms with E-state index in [1.54, 1.807) is 11.1 Å². The number of nitrogens with zero attached hydrogens (tertiary/aromatic N) is 6. The number of para-hydroxylation sites is 1. The molecule has 0 bridgehead atoms. The first-order valence-electron chi connectivity index (χ1n) is 12.2. The van der Waals surface area contributed by atoms with E-state index in [1.807, 2.05) is 65.3 Å². The van der Waals surface area contributed by atoms with Gasteiger partial charge in [-0.15, -0.1) is 5.10 Å². The van der Waals surface area contributed by atoms with Crippen LogP contribution in [-0.4, -0.2) is 42.3 Å². The number of urea groups is 1. The molecule has 0 atom stereocenters. The second-order valence-corrected chi connectivity index (χ2v) is 9.02. The SMILES string of the molecule is O=C(Nc1ccccc1)N1CCc2c(c(-c3ccccc3)nn2Cc2cn(-c3ccc(F)c(F)c3)nn2)C1. The van der Waals surface area contributed by atoms with Crippen molar-refractivity contribution < 1.29 is 13.6 Å². The summed E-state index contributed by atoms with van der Waals surface area (Å²) in [4.78, 5) is 14.8. The normalized spacial score (nSPS) is 12.8. The number of anilines is 1. The Hall–Kier alpha value is -4.86. The van der Waals surface area contributed by atoms with E-state index >= 15 is 0 Å². The topological polar surface area (TPSA) is 80.9 Å². The summed E-state index contributed by atoms with van der Waals surface area (Å²) in [6.07, 6.45) is 2.29. The predicted molar refractivity (Wildman–Crippen MR) is 138 cm³/mol. The Balaban J connectivity index is 1.29. The molecule has 0 spiro atoms. The number of halogens is 2. The fraction of sp³-hybridized carbons (Fsp3) is 0.143. The van der Waals surface area contributed by atoms with E-state index in [9.17, 15) is 13.6 Å². The van der Waals surface area contributed by atoms with Gasteiger partial charge in [-0.1, -0.05) is 53.7 Å². The highest BCUT2D eigenvalue weighted by Gasteiger charge is 2.28. The lowest BCUT2D eigenvalue weighted by Gasteiger charge is -2.28. The summed E-state index contributed by atoms with van der Waals surface area (Å²) >= 11 is 0. The van der Waals surface area contributed by atoms with Crippen LogP contribution in [0.2, 0.25) is 0 Å². The molecule has 1 aliphatic rings. The van der Waals surface area contributed by atoms with Crippen LogP contribution in [0, 0.1) is 11.6 Å². The molecule has 2 aromatic heterocycles. The van der Waals surface area contributed by atoms with Crippen LogP contribution in [0.25, 0.3) is 16.9 Å². The Morgan fingerprint density at radius 1 is 0.947 bits per heavy atom. The van der Waals surface area contributed by atoms with Crippen molar-refractivity contribution in [2.24, 2.45) is 0 Å². The Kier molecular flexibility index (Phi) is 6.12. The van der Waals surface area contributed by atoms with Crippen LogP contribution >= 0.6 is 0 Å². The van der Waals surface area contributed by atoms with Gasteiger partial charge in [-0.05, 0) is 24.3 Å². The average molecular weight is 512 g/mol. The number of rotatable bonds is 5. The quantitative estimate of drug-likeness (QED) is 0.358. The van der Waals surface area contributed by atoms with Crippen molar-refractivity contribution in [1.29, 1.82) is 0 Å². The molecule has 10 heteroatoms. The van der Waals surface area contributed by atoms with Crippen molar-refractivity contribution in [3.8, 4) is 16.9 Å². The van der Waals surface area contributed by atoms with Gasteiger partial charge in [-0.3, -0.25) is 4.68 Å². The fourth-order valence-electron chi connectivity index (χ4n) is 4.62. The number of fused-ring (bicyclic) bond motifs is 1. The van der Waals surface area contributed by atoms with Crippen LogP contribution in [0.1, 0.15) is 17.0 Å². The number of aromatic nitrogens is 5. The van der Waals surface area contributed by atoms with Crippen LogP contribution in [0.3, 0.4) is 0 Å². The molecule has 0 unspecified atom stereocenters. The van der Waals surface area contributed by atoms with Gasteiger partial charge in [0.1, 0.15) is 5.69 Å². The zero-order chi connectivity index (χ0) is 26.1. The lowest BCUT2D eigenvalue weighted by molar-refractivity contribution is 0.206. The molecular formula is C28H23F2N7O. The average Bonchev–Trinajstić information content (AvgIpc) is 3.56. The molecule has 6 rings (SSSR count). The smallest absolute Gasteiger partial charge is 0.320 e. The Morgan fingerprint density at radius 3 is 2.47 bits per heavy atom. The Labute approximate surface area is 217 Å². The van der Waals surface area contributed by atoms with E-state index in [4.69, 9.17) is 5.10 Å². The molecule has 3 aromatic carbocycles. The van der Waals surface area contributed by atoms with Crippen molar-refractivity contribution >= 4 is 11.7 Å². The predicted octanol–water partition coefficient (Wildman–Crippen LogP) is 5.05. The molecule has 8 nitrogen and oxygen atoms in total. The van der Waals surface area contributed by atoms with Crippen molar-refractivity contribution in [2.75, 3.05) is 11.9 Å². The van der Waals surface area contributed by atoms with Gasteiger partial charge in [-0.25, -0.2) is 18.3 Å². The number of carbonyl (C=O) groups excluding carboxylic acids is 1. The second-order valence-electron chi connectivity index (χ2n) is 9.02. The molecule has 0 saturated carbocycles. The minimum Gasteiger partial charge on any atom is -0.320 e. The van der Waals surface area contributed by atoms with Crippen molar-refractivity contribution in [3.63, 3.8) is 0 Å². The molecule has 1 aliphatic heterocycles. The number of hydrogen-bond acceptors (Lipinski definition) is 4.